The molecule has 0 aliphatic heterocycles. The van der Waals surface area contributed by atoms with Crippen LogP contribution in [0.1, 0.15) is 5.56 Å². The summed E-state index contributed by atoms with van der Waals surface area (Å²) in [5, 5.41) is 0. The van der Waals surface area contributed by atoms with E-state index in [1.807, 2.05) is 6.92 Å². The van der Waals surface area contributed by atoms with E-state index in [0.717, 1.165) is 14.3 Å². The normalized spacial score (nSPS) is 11.1. The van der Waals surface area contributed by atoms with Crippen molar-refractivity contribution >= 4 is 37.8 Å². The Kier molecular flexibility index (Phi) is 7.55. The Morgan fingerprint density at radius 1 is 1.00 bits per heavy atom. The summed E-state index contributed by atoms with van der Waals surface area (Å²) in [6.45, 7) is 1.08. The number of halogens is 1. The lowest BCUT2D eigenvalue weighted by atomic mass is 10.2. The molecule has 0 aliphatic carbocycles. The number of carbonyl (C=O) groups is 2. The van der Waals surface area contributed by atoms with Gasteiger partial charge in [0, 0.05) is 11.5 Å². The Labute approximate surface area is 172 Å². The SMILES string of the molecule is Cc1ccc(S(=O)(=O)N(C)CC(=O)NNC(=O)COc2ccc(Br)cc2)cc1. The van der Waals surface area contributed by atoms with Crippen molar-refractivity contribution in [2.24, 2.45) is 0 Å². The van der Waals surface area contributed by atoms with E-state index >= 15 is 0 Å². The number of nitrogens with one attached hydrogen (secondary N) is 2. The molecule has 2 N–H and O–H groups in total. The molecular weight excluding hydrogens is 450 g/mol. The van der Waals surface area contributed by atoms with E-state index in [0.29, 0.717) is 5.75 Å². The lowest BCUT2D eigenvalue weighted by Gasteiger charge is -2.17. The van der Waals surface area contributed by atoms with E-state index in [9.17, 15) is 18.0 Å². The van der Waals surface area contributed by atoms with Gasteiger partial charge in [0.2, 0.25) is 10.0 Å². The fraction of sp³-hybridized carbons (Fsp3) is 0.222. The van der Waals surface area contributed by atoms with Crippen LogP contribution >= 0.6 is 15.9 Å². The van der Waals surface area contributed by atoms with Gasteiger partial charge in [-0.3, -0.25) is 20.4 Å². The van der Waals surface area contributed by atoms with Crippen molar-refractivity contribution in [1.82, 2.24) is 15.2 Å². The van der Waals surface area contributed by atoms with Crippen LogP contribution in [0.4, 0.5) is 0 Å². The molecule has 28 heavy (non-hydrogen) atoms. The molecule has 8 nitrogen and oxygen atoms in total. The summed E-state index contributed by atoms with van der Waals surface area (Å²) in [6, 6.07) is 13.2. The Hall–Kier alpha value is -2.43. The number of amides is 2. The van der Waals surface area contributed by atoms with E-state index in [1.54, 1.807) is 36.4 Å². The first-order valence-electron chi connectivity index (χ1n) is 8.17. The number of carbonyl (C=O) groups excluding carboxylic acids is 2. The van der Waals surface area contributed by atoms with E-state index in [1.165, 1.54) is 19.2 Å². The molecule has 0 heterocycles. The predicted octanol–water partition coefficient (Wildman–Crippen LogP) is 1.60. The molecule has 0 spiro atoms. The van der Waals surface area contributed by atoms with E-state index < -0.39 is 28.4 Å². The van der Waals surface area contributed by atoms with Crippen LogP contribution in [0.5, 0.6) is 5.75 Å². The molecule has 2 aromatic carbocycles. The number of nitrogens with zero attached hydrogens (tertiary/aromatic N) is 1. The number of hydrogen-bond acceptors (Lipinski definition) is 5. The van der Waals surface area contributed by atoms with Crippen LogP contribution < -0.4 is 15.6 Å². The van der Waals surface area contributed by atoms with E-state index in [4.69, 9.17) is 4.74 Å². The molecule has 0 aliphatic rings. The van der Waals surface area contributed by atoms with Gasteiger partial charge in [0.05, 0.1) is 11.4 Å². The molecule has 0 fully saturated rings. The van der Waals surface area contributed by atoms with Gasteiger partial charge in [-0.1, -0.05) is 33.6 Å². The molecule has 2 rings (SSSR count). The molecule has 0 radical (unpaired) electrons. The number of benzene rings is 2. The topological polar surface area (TPSA) is 105 Å². The Bertz CT molecular complexity index is 931. The zero-order chi connectivity index (χ0) is 20.7. The first kappa shape index (κ1) is 21.9. The number of ether oxygens (including phenoxy) is 1. The minimum absolute atomic E-state index is 0.0836. The van der Waals surface area contributed by atoms with Crippen molar-refractivity contribution in [3.63, 3.8) is 0 Å². The van der Waals surface area contributed by atoms with Gasteiger partial charge < -0.3 is 4.74 Å². The summed E-state index contributed by atoms with van der Waals surface area (Å²) in [5.41, 5.74) is 5.26. The van der Waals surface area contributed by atoms with Gasteiger partial charge >= 0.3 is 0 Å². The highest BCUT2D eigenvalue weighted by Crippen LogP contribution is 2.16. The molecule has 10 heteroatoms. The first-order valence-corrected chi connectivity index (χ1v) is 10.4. The quantitative estimate of drug-likeness (QED) is 0.599. The third-order valence-corrected chi connectivity index (χ3v) is 5.97. The molecular formula is C18H20BrN3O5S. The molecule has 2 amide bonds. The maximum absolute atomic E-state index is 12.4. The third-order valence-electron chi connectivity index (χ3n) is 3.62. The Morgan fingerprint density at radius 3 is 2.18 bits per heavy atom. The number of sulfonamides is 1. The van der Waals surface area contributed by atoms with Gasteiger partial charge in [-0.15, -0.1) is 0 Å². The van der Waals surface area contributed by atoms with Crippen LogP contribution in [-0.2, 0) is 19.6 Å². The van der Waals surface area contributed by atoms with E-state index in [2.05, 4.69) is 26.8 Å². The molecule has 0 atom stereocenters. The van der Waals surface area contributed by atoms with E-state index in [-0.39, 0.29) is 11.5 Å². The molecule has 0 saturated heterocycles. The zero-order valence-corrected chi connectivity index (χ0v) is 17.7. The van der Waals surface area contributed by atoms with Gasteiger partial charge in [0.25, 0.3) is 11.8 Å². The highest BCUT2D eigenvalue weighted by atomic mass is 79.9. The number of rotatable bonds is 7. The van der Waals surface area contributed by atoms with Gasteiger partial charge in [-0.2, -0.15) is 4.31 Å². The molecule has 0 unspecified atom stereocenters. The van der Waals surface area contributed by atoms with Crippen molar-refractivity contribution in [1.29, 1.82) is 0 Å². The number of likely N-dealkylation sites (N-methyl/N-ethyl adjacent to an activating group) is 1. The first-order chi connectivity index (χ1) is 13.2. The van der Waals surface area contributed by atoms with Gasteiger partial charge in [-0.05, 0) is 43.3 Å². The Morgan fingerprint density at radius 2 is 1.57 bits per heavy atom. The molecule has 0 aromatic heterocycles. The van der Waals surface area contributed by atoms with Gasteiger partial charge in [0.15, 0.2) is 6.61 Å². The third kappa shape index (κ3) is 6.32. The summed E-state index contributed by atoms with van der Waals surface area (Å²) in [4.78, 5) is 23.7. The molecule has 0 bridgehead atoms. The average Bonchev–Trinajstić information content (AvgIpc) is 2.66. The van der Waals surface area contributed by atoms with Crippen molar-refractivity contribution in [2.45, 2.75) is 11.8 Å². The second kappa shape index (κ2) is 9.67. The van der Waals surface area contributed by atoms with Crippen molar-refractivity contribution in [3.05, 3.63) is 58.6 Å². The predicted molar refractivity (Wildman–Crippen MR) is 107 cm³/mol. The number of hydrogen-bond donors (Lipinski definition) is 2. The summed E-state index contributed by atoms with van der Waals surface area (Å²) in [5.74, 6) is -0.774. The molecule has 2 aromatic rings. The van der Waals surface area contributed by atoms with Crippen LogP contribution in [0, 0.1) is 6.92 Å². The summed E-state index contributed by atoms with van der Waals surface area (Å²) in [6.07, 6.45) is 0. The summed E-state index contributed by atoms with van der Waals surface area (Å²) >= 11 is 3.29. The van der Waals surface area contributed by atoms with Crippen molar-refractivity contribution in [2.75, 3.05) is 20.2 Å². The lowest BCUT2D eigenvalue weighted by Crippen LogP contribution is -2.48. The smallest absolute Gasteiger partial charge is 0.276 e. The van der Waals surface area contributed by atoms with Crippen LogP contribution in [-0.4, -0.2) is 44.7 Å². The van der Waals surface area contributed by atoms with Crippen LogP contribution in [0.3, 0.4) is 0 Å². The maximum atomic E-state index is 12.4. The highest BCUT2D eigenvalue weighted by Gasteiger charge is 2.23. The highest BCUT2D eigenvalue weighted by molar-refractivity contribution is 9.10. The minimum Gasteiger partial charge on any atom is -0.484 e. The molecule has 150 valence electrons. The minimum atomic E-state index is -3.81. The van der Waals surface area contributed by atoms with Crippen LogP contribution in [0.25, 0.3) is 0 Å². The van der Waals surface area contributed by atoms with Gasteiger partial charge in [-0.25, -0.2) is 8.42 Å². The molecule has 0 saturated carbocycles. The summed E-state index contributed by atoms with van der Waals surface area (Å²) in [7, 11) is -2.52. The fourth-order valence-electron chi connectivity index (χ4n) is 2.07. The van der Waals surface area contributed by atoms with Crippen molar-refractivity contribution < 1.29 is 22.7 Å². The second-order valence-electron chi connectivity index (χ2n) is 5.91. The van der Waals surface area contributed by atoms with Crippen LogP contribution in [0.15, 0.2) is 57.9 Å². The largest absolute Gasteiger partial charge is 0.484 e. The summed E-state index contributed by atoms with van der Waals surface area (Å²) < 4.78 is 31.9. The lowest BCUT2D eigenvalue weighted by molar-refractivity contribution is -0.130. The standard InChI is InChI=1S/C18H20BrN3O5S/c1-13-3-9-16(10-4-13)28(25,26)22(2)11-17(23)20-21-18(24)12-27-15-7-5-14(19)6-8-15/h3-10H,11-12H2,1-2H3,(H,20,23)(H,21,24). The van der Waals surface area contributed by atoms with Crippen molar-refractivity contribution in [3.8, 4) is 5.75 Å². The van der Waals surface area contributed by atoms with Crippen LogP contribution in [0.2, 0.25) is 0 Å². The average molecular weight is 470 g/mol. The second-order valence-corrected chi connectivity index (χ2v) is 8.87. The maximum Gasteiger partial charge on any atom is 0.276 e. The Balaban J connectivity index is 1.80. The fourth-order valence-corrected chi connectivity index (χ4v) is 3.46. The number of hydrazine groups is 1. The zero-order valence-electron chi connectivity index (χ0n) is 15.3. The number of aryl methyl sites for hydroxylation is 1. The monoisotopic (exact) mass is 469 g/mol. The van der Waals surface area contributed by atoms with Gasteiger partial charge in [0.1, 0.15) is 5.75 Å².